The topological polar surface area (TPSA) is 91.5 Å². The Bertz CT molecular complexity index is 945. The predicted molar refractivity (Wildman–Crippen MR) is 127 cm³/mol. The number of benzene rings is 1. The number of alkyl halides is 6. The molecule has 0 bridgehead atoms. The summed E-state index contributed by atoms with van der Waals surface area (Å²) < 4.78 is 85.0. The number of nitrogens with one attached hydrogen (secondary N) is 4. The Labute approximate surface area is 211 Å². The van der Waals surface area contributed by atoms with E-state index in [2.05, 4.69) is 27.8 Å². The maximum atomic E-state index is 13.4. The standard InChI is InChI=1S/C24H32F6N4O3/c1-5-11-22(21(36)33-13-12-31-3,37-17-9-7-16(8-10-17)23(25,26)27)15-34-20(35)18(14-32-4)19(6-2)24(28,29)30/h6-10,31-32H,2,5,11-15H2,1,3-4H3,(H,33,36)(H,34,35)/b19-18-. The van der Waals surface area contributed by atoms with E-state index in [0.717, 1.165) is 24.3 Å². The zero-order chi connectivity index (χ0) is 28.3. The Morgan fingerprint density at radius 2 is 1.59 bits per heavy atom. The van der Waals surface area contributed by atoms with Gasteiger partial charge in [-0.1, -0.05) is 26.0 Å². The van der Waals surface area contributed by atoms with Crippen LogP contribution in [0.25, 0.3) is 0 Å². The van der Waals surface area contributed by atoms with Gasteiger partial charge in [-0.15, -0.1) is 0 Å². The monoisotopic (exact) mass is 538 g/mol. The number of carbonyl (C=O) groups is 2. The van der Waals surface area contributed by atoms with Crippen LogP contribution in [0.5, 0.6) is 5.75 Å². The number of hydrogen-bond donors (Lipinski definition) is 4. The Balaban J connectivity index is 3.40. The number of carbonyl (C=O) groups excluding carboxylic acids is 2. The highest BCUT2D eigenvalue weighted by atomic mass is 19.4. The first-order chi connectivity index (χ1) is 17.3. The molecule has 1 aromatic carbocycles. The van der Waals surface area contributed by atoms with Crippen LogP contribution in [0.1, 0.15) is 25.3 Å². The van der Waals surface area contributed by atoms with Crippen LogP contribution in [0.2, 0.25) is 0 Å². The minimum atomic E-state index is -4.85. The number of rotatable bonds is 14. The molecule has 0 saturated heterocycles. The Morgan fingerprint density at radius 1 is 0.973 bits per heavy atom. The van der Waals surface area contributed by atoms with Gasteiger partial charge < -0.3 is 26.0 Å². The Kier molecular flexibility index (Phi) is 12.1. The van der Waals surface area contributed by atoms with E-state index in [9.17, 15) is 35.9 Å². The van der Waals surface area contributed by atoms with Crippen LogP contribution in [0.4, 0.5) is 26.3 Å². The summed E-state index contributed by atoms with van der Waals surface area (Å²) in [5.74, 6) is -1.89. The molecule has 37 heavy (non-hydrogen) atoms. The van der Waals surface area contributed by atoms with Crippen molar-refractivity contribution in [2.24, 2.45) is 0 Å². The van der Waals surface area contributed by atoms with E-state index in [-0.39, 0.29) is 18.7 Å². The lowest BCUT2D eigenvalue weighted by Crippen LogP contribution is -2.58. The fourth-order valence-electron chi connectivity index (χ4n) is 3.43. The predicted octanol–water partition coefficient (Wildman–Crippen LogP) is 3.34. The minimum absolute atomic E-state index is 0.00164. The lowest BCUT2D eigenvalue weighted by atomic mass is 9.95. The van der Waals surface area contributed by atoms with E-state index >= 15 is 0 Å². The van der Waals surface area contributed by atoms with Gasteiger partial charge >= 0.3 is 12.4 Å². The summed E-state index contributed by atoms with van der Waals surface area (Å²) in [7, 11) is 3.01. The van der Waals surface area contributed by atoms with Gasteiger partial charge in [-0.3, -0.25) is 9.59 Å². The van der Waals surface area contributed by atoms with Crippen molar-refractivity contribution in [1.82, 2.24) is 21.3 Å². The lowest BCUT2D eigenvalue weighted by Gasteiger charge is -2.33. The van der Waals surface area contributed by atoms with E-state index in [0.29, 0.717) is 19.0 Å². The van der Waals surface area contributed by atoms with E-state index in [1.54, 1.807) is 14.0 Å². The van der Waals surface area contributed by atoms with Crippen LogP contribution < -0.4 is 26.0 Å². The summed E-state index contributed by atoms with van der Waals surface area (Å²) in [6, 6.07) is 3.61. The normalized spacial score (nSPS) is 14.3. The molecule has 0 aliphatic rings. The third kappa shape index (κ3) is 9.39. The van der Waals surface area contributed by atoms with Crippen LogP contribution in [0, 0.1) is 0 Å². The first-order valence-corrected chi connectivity index (χ1v) is 11.4. The average Bonchev–Trinajstić information content (AvgIpc) is 2.81. The third-order valence-corrected chi connectivity index (χ3v) is 5.22. The number of halogens is 6. The summed E-state index contributed by atoms with van der Waals surface area (Å²) in [4.78, 5) is 26.0. The van der Waals surface area contributed by atoms with E-state index < -0.39 is 59.6 Å². The molecule has 0 aliphatic heterocycles. The van der Waals surface area contributed by atoms with Crippen molar-refractivity contribution in [1.29, 1.82) is 0 Å². The molecule has 1 unspecified atom stereocenters. The van der Waals surface area contributed by atoms with Crippen LogP contribution in [0.3, 0.4) is 0 Å². The van der Waals surface area contributed by atoms with Crippen molar-refractivity contribution < 1.29 is 40.7 Å². The second-order valence-corrected chi connectivity index (χ2v) is 8.04. The maximum absolute atomic E-state index is 13.4. The van der Waals surface area contributed by atoms with Crippen LogP contribution in [-0.4, -0.2) is 63.9 Å². The molecule has 4 N–H and O–H groups in total. The first-order valence-electron chi connectivity index (χ1n) is 11.4. The molecule has 0 fully saturated rings. The van der Waals surface area contributed by atoms with Gasteiger partial charge in [0.15, 0.2) is 0 Å². The van der Waals surface area contributed by atoms with Gasteiger partial charge in [0.05, 0.1) is 17.7 Å². The minimum Gasteiger partial charge on any atom is -0.476 e. The fraction of sp³-hybridized carbons (Fsp3) is 0.500. The number of likely N-dealkylation sites (N-methyl/N-ethyl adjacent to an activating group) is 2. The molecule has 1 atom stereocenters. The van der Waals surface area contributed by atoms with Crippen LogP contribution in [0.15, 0.2) is 48.1 Å². The lowest BCUT2D eigenvalue weighted by molar-refractivity contribution is -0.139. The highest BCUT2D eigenvalue weighted by molar-refractivity contribution is 5.96. The maximum Gasteiger partial charge on any atom is 0.416 e. The molecule has 1 rings (SSSR count). The Hall–Kier alpha value is -3.06. The quantitative estimate of drug-likeness (QED) is 0.126. The zero-order valence-electron chi connectivity index (χ0n) is 20.8. The molecule has 0 saturated carbocycles. The summed E-state index contributed by atoms with van der Waals surface area (Å²) in [5, 5.41) is 10.3. The summed E-state index contributed by atoms with van der Waals surface area (Å²) in [5.41, 5.74) is -4.66. The van der Waals surface area contributed by atoms with Gasteiger partial charge in [0.1, 0.15) is 5.75 Å². The second kappa shape index (κ2) is 14.0. The van der Waals surface area contributed by atoms with Crippen molar-refractivity contribution >= 4 is 11.8 Å². The average molecular weight is 539 g/mol. The van der Waals surface area contributed by atoms with E-state index in [1.165, 1.54) is 7.05 Å². The molecule has 0 spiro atoms. The van der Waals surface area contributed by atoms with Crippen LogP contribution in [-0.2, 0) is 15.8 Å². The number of allylic oxidation sites excluding steroid dienone is 2. The number of ether oxygens (including phenoxy) is 1. The molecule has 7 nitrogen and oxygen atoms in total. The molecule has 2 amide bonds. The van der Waals surface area contributed by atoms with Crippen LogP contribution >= 0.6 is 0 Å². The Morgan fingerprint density at radius 3 is 2.05 bits per heavy atom. The van der Waals surface area contributed by atoms with Gasteiger partial charge in [0.25, 0.3) is 5.91 Å². The highest BCUT2D eigenvalue weighted by Gasteiger charge is 2.42. The zero-order valence-corrected chi connectivity index (χ0v) is 20.8. The molecule has 1 aromatic rings. The number of hydrogen-bond acceptors (Lipinski definition) is 5. The van der Waals surface area contributed by atoms with Gasteiger partial charge in [-0.25, -0.2) is 0 Å². The highest BCUT2D eigenvalue weighted by Crippen LogP contribution is 2.32. The van der Waals surface area contributed by atoms with Gasteiger partial charge in [-0.2, -0.15) is 26.3 Å². The third-order valence-electron chi connectivity index (χ3n) is 5.22. The van der Waals surface area contributed by atoms with E-state index in [4.69, 9.17) is 4.74 Å². The van der Waals surface area contributed by atoms with Crippen molar-refractivity contribution in [3.05, 3.63) is 53.6 Å². The van der Waals surface area contributed by atoms with Crippen molar-refractivity contribution in [3.63, 3.8) is 0 Å². The van der Waals surface area contributed by atoms with Gasteiger partial charge in [0.2, 0.25) is 11.5 Å². The molecular weight excluding hydrogens is 506 g/mol. The van der Waals surface area contributed by atoms with Crippen molar-refractivity contribution in [2.45, 2.75) is 37.7 Å². The summed E-state index contributed by atoms with van der Waals surface area (Å²) in [6.07, 6.45) is -8.58. The summed E-state index contributed by atoms with van der Waals surface area (Å²) >= 11 is 0. The molecule has 13 heteroatoms. The smallest absolute Gasteiger partial charge is 0.416 e. The molecule has 208 valence electrons. The molecular formula is C24H32F6N4O3. The second-order valence-electron chi connectivity index (χ2n) is 8.04. The number of amides is 2. The SMILES string of the molecule is C=C/C(=C(\CNC)C(=O)NCC(CCC)(Oc1ccc(C(F)(F)F)cc1)C(=O)NCCNC)C(F)(F)F. The van der Waals surface area contributed by atoms with Gasteiger partial charge in [0, 0.05) is 25.2 Å². The van der Waals surface area contributed by atoms with Gasteiger partial charge in [-0.05, 0) is 44.8 Å². The van der Waals surface area contributed by atoms with E-state index in [1.807, 2.05) is 0 Å². The first kappa shape index (κ1) is 32.0. The molecule has 0 heterocycles. The molecule has 0 aliphatic carbocycles. The molecule has 0 aromatic heterocycles. The van der Waals surface area contributed by atoms with Crippen molar-refractivity contribution in [2.75, 3.05) is 40.3 Å². The van der Waals surface area contributed by atoms with Crippen molar-refractivity contribution in [3.8, 4) is 5.75 Å². The molecule has 0 radical (unpaired) electrons. The largest absolute Gasteiger partial charge is 0.476 e. The fourth-order valence-corrected chi connectivity index (χ4v) is 3.43. The summed E-state index contributed by atoms with van der Waals surface area (Å²) in [6.45, 7) is 4.39.